The number of hydrogen-bond acceptors (Lipinski definition) is 0. The van der Waals surface area contributed by atoms with Gasteiger partial charge in [0.25, 0.3) is 0 Å². The summed E-state index contributed by atoms with van der Waals surface area (Å²) in [5.41, 5.74) is 20.2. The molecule has 0 amide bonds. The summed E-state index contributed by atoms with van der Waals surface area (Å²) in [5.74, 6) is -3.06. The van der Waals surface area contributed by atoms with Crippen LogP contribution in [0.1, 0.15) is 150 Å². The van der Waals surface area contributed by atoms with Crippen molar-refractivity contribution in [1.82, 2.24) is 0 Å². The van der Waals surface area contributed by atoms with Gasteiger partial charge in [-0.25, -0.2) is 13.7 Å². The smallest absolute Gasteiger partial charge is 0.200 e. The summed E-state index contributed by atoms with van der Waals surface area (Å²) in [7, 11) is 6.19. The number of fused-ring (bicyclic) bond motifs is 1. The second-order valence-electron chi connectivity index (χ2n) is 22.5. The molecule has 9 aromatic rings. The van der Waals surface area contributed by atoms with Gasteiger partial charge in [0.1, 0.15) is 21.1 Å². The van der Waals surface area contributed by atoms with Crippen LogP contribution >= 0.6 is 0 Å². The molecule has 3 heterocycles. The predicted molar refractivity (Wildman–Crippen MR) is 329 cm³/mol. The minimum atomic E-state index is -3.39. The molecule has 3 nitrogen and oxygen atoms in total. The lowest BCUT2D eigenvalue weighted by Crippen LogP contribution is -2.30. The van der Waals surface area contributed by atoms with Crippen molar-refractivity contribution in [2.45, 2.75) is 122 Å². The zero-order valence-corrected chi connectivity index (χ0v) is 47.3. The Kier molecular flexibility index (Phi) is 12.9. The SMILES string of the molecule is Cc1ccccc1-c1ccc(-c2cccc(C3C4CCC3C4)c2)c[n+]1C.[2H]C1([2H])C([2H])([2H])C([2H])([2H])C([2H])(c2ccc(-c3ccc(-c4ccccc4C)[n+](C)c3)cc2)C([2H])(C)C1([2H])[2H].[2H]C1(c2ccc(-c3ccc(-c4ccccc4C)[n+](C)c3)cc2)CCCCC1. The first-order valence-corrected chi connectivity index (χ1v) is 28.6. The van der Waals surface area contributed by atoms with E-state index >= 15 is 0 Å². The first-order valence-electron chi connectivity index (χ1n) is 34.1. The lowest BCUT2D eigenvalue weighted by atomic mass is 9.68. The van der Waals surface area contributed by atoms with Crippen LogP contribution in [-0.2, 0) is 21.1 Å². The van der Waals surface area contributed by atoms with Gasteiger partial charge in [0.2, 0.25) is 17.1 Å². The molecule has 0 aliphatic heterocycles. The molecule has 6 aromatic carbocycles. The molecule has 5 aliphatic rings. The maximum atomic E-state index is 9.09. The van der Waals surface area contributed by atoms with Crippen molar-refractivity contribution >= 4 is 0 Å². The first kappa shape index (κ1) is 41.8. The number of pyridine rings is 3. The molecule has 4 unspecified atom stereocenters. The Morgan fingerprint density at radius 2 is 0.835 bits per heavy atom. The summed E-state index contributed by atoms with van der Waals surface area (Å²) in [6.45, 7) is 7.35. The maximum absolute atomic E-state index is 9.09. The van der Waals surface area contributed by atoms with Gasteiger partial charge in [-0.3, -0.25) is 0 Å². The minimum absolute atomic E-state index is 0.0945. The third-order valence-corrected chi connectivity index (χ3v) is 17.3. The average molecular weight is 1050 g/mol. The lowest BCUT2D eigenvalue weighted by molar-refractivity contribution is -0.660. The fourth-order valence-corrected chi connectivity index (χ4v) is 12.8. The van der Waals surface area contributed by atoms with Crippen molar-refractivity contribution in [3.8, 4) is 67.2 Å². The van der Waals surface area contributed by atoms with Gasteiger partial charge in [-0.2, -0.15) is 0 Å². The zero-order chi connectivity index (χ0) is 64.3. The van der Waals surface area contributed by atoms with E-state index in [1.54, 1.807) is 17.7 Å². The Labute approximate surface area is 489 Å². The van der Waals surface area contributed by atoms with Gasteiger partial charge in [0.05, 0.1) is 0 Å². The van der Waals surface area contributed by atoms with Crippen LogP contribution in [0.5, 0.6) is 0 Å². The number of benzene rings is 6. The molecular weight excluding hydrogens is 955 g/mol. The third-order valence-electron chi connectivity index (χ3n) is 17.3. The summed E-state index contributed by atoms with van der Waals surface area (Å²) < 4.78 is 99.6. The number of rotatable bonds is 9. The summed E-state index contributed by atoms with van der Waals surface area (Å²) in [6.07, 6.45) is 3.27. The zero-order valence-electron chi connectivity index (χ0n) is 58.3. The minimum Gasteiger partial charge on any atom is -0.200 e. The summed E-state index contributed by atoms with van der Waals surface area (Å²) in [6, 6.07) is 62.1. The number of aromatic nitrogens is 3. The second kappa shape index (κ2) is 24.4. The van der Waals surface area contributed by atoms with Crippen LogP contribution in [0.25, 0.3) is 67.2 Å². The van der Waals surface area contributed by atoms with E-state index in [0.29, 0.717) is 0 Å². The van der Waals surface area contributed by atoms with Crippen molar-refractivity contribution in [2.24, 2.45) is 38.9 Å². The van der Waals surface area contributed by atoms with Crippen molar-refractivity contribution < 1.29 is 28.8 Å². The Morgan fingerprint density at radius 1 is 0.405 bits per heavy atom. The Hall–Kier alpha value is -7.23. The maximum Gasteiger partial charge on any atom is 0.212 e. The molecule has 79 heavy (non-hydrogen) atoms. The first-order chi connectivity index (χ1) is 42.6. The summed E-state index contributed by atoms with van der Waals surface area (Å²) >= 11 is 0. The van der Waals surface area contributed by atoms with E-state index in [0.717, 1.165) is 65.5 Å². The van der Waals surface area contributed by atoms with Gasteiger partial charge in [-0.15, -0.1) is 0 Å². The van der Waals surface area contributed by atoms with Gasteiger partial charge >= 0.3 is 0 Å². The van der Waals surface area contributed by atoms with Crippen LogP contribution in [-0.4, -0.2) is 0 Å². The molecule has 5 aliphatic carbocycles. The van der Waals surface area contributed by atoms with Crippen LogP contribution in [0, 0.1) is 38.5 Å². The molecule has 2 bridgehead atoms. The van der Waals surface area contributed by atoms with E-state index in [-0.39, 0.29) is 11.5 Å². The van der Waals surface area contributed by atoms with Crippen LogP contribution < -0.4 is 13.7 Å². The number of aryl methyl sites for hydroxylation is 6. The molecule has 0 radical (unpaired) electrons. The Balaban J connectivity index is 0.000000142. The molecule has 4 atom stereocenters. The van der Waals surface area contributed by atoms with Crippen LogP contribution in [0.15, 0.2) is 201 Å². The van der Waals surface area contributed by atoms with E-state index in [1.165, 1.54) is 112 Å². The Bertz CT molecular complexity index is 4050. The van der Waals surface area contributed by atoms with Crippen LogP contribution in [0.3, 0.4) is 0 Å². The van der Waals surface area contributed by atoms with Gasteiger partial charge < -0.3 is 0 Å². The topological polar surface area (TPSA) is 11.6 Å². The Morgan fingerprint density at radius 3 is 1.29 bits per heavy atom. The fraction of sp³-hybridized carbons (Fsp3) is 0.329. The van der Waals surface area contributed by atoms with E-state index in [2.05, 4.69) is 171 Å². The molecule has 0 spiro atoms. The summed E-state index contributed by atoms with van der Waals surface area (Å²) in [4.78, 5) is 0. The van der Waals surface area contributed by atoms with Crippen molar-refractivity contribution in [2.75, 3.05) is 0 Å². The fourth-order valence-electron chi connectivity index (χ4n) is 12.8. The highest BCUT2D eigenvalue weighted by molar-refractivity contribution is 5.69. The number of nitrogens with zero attached hydrogens (tertiary/aromatic N) is 3. The van der Waals surface area contributed by atoms with Crippen molar-refractivity contribution in [1.29, 1.82) is 0 Å². The third kappa shape index (κ3) is 12.0. The monoisotopic (exact) mass is 1050 g/mol. The van der Waals surface area contributed by atoms with Gasteiger partial charge in [-0.1, -0.05) is 173 Å². The van der Waals surface area contributed by atoms with E-state index in [9.17, 15) is 0 Å². The normalized spacial score (nSPS) is 26.4. The molecule has 0 N–H and O–H groups in total. The summed E-state index contributed by atoms with van der Waals surface area (Å²) in [5, 5.41) is 0. The molecule has 400 valence electrons. The largest absolute Gasteiger partial charge is 0.212 e. The van der Waals surface area contributed by atoms with E-state index in [4.69, 9.17) is 15.1 Å². The molecule has 3 heteroatoms. The van der Waals surface area contributed by atoms with Crippen molar-refractivity contribution in [3.63, 3.8) is 0 Å². The standard InChI is InChI=1S/C26H30N.C25H26N.C25H28N/c1-19-8-4-6-10-24(19)22-14-12-21(13-15-22)23-16-17-26(27(3)18-23)25-11-7-5-9-20(25)2;1-17-6-3-4-9-23(17)24-13-12-22(16-26(24)2)18-7-5-8-19(14-18)25-20-10-11-21(25)15-20;1-19-8-6-7-11-24(19)25-17-16-23(18-26(25)2)22-14-12-21(13-15-22)20-9-4-3-5-10-20/h5,7,9,11-19,24H,4,6,8,10H2,1-3H3;3-9,12-14,16,20-21,25H,10-11,15H2,1-2H3;6-8,11-18,20H,3-5,9-10H2,1-2H3/q3*+1/i4D2,6D2,8D2,10D2,19D,24D;;20D. The molecule has 3 aromatic heterocycles. The highest BCUT2D eigenvalue weighted by Crippen LogP contribution is 2.59. The second-order valence-corrected chi connectivity index (χ2v) is 22.5. The van der Waals surface area contributed by atoms with Crippen LogP contribution in [0.4, 0.5) is 0 Å². The van der Waals surface area contributed by atoms with Gasteiger partial charge in [-0.05, 0) is 181 Å². The lowest BCUT2D eigenvalue weighted by Gasteiger charge is -2.36. The van der Waals surface area contributed by atoms with Gasteiger partial charge in [0.15, 0.2) is 18.6 Å². The number of hydrogen-bond donors (Lipinski definition) is 0. The predicted octanol–water partition coefficient (Wildman–Crippen LogP) is 18.3. The quantitative estimate of drug-likeness (QED) is 0.128. The molecule has 14 rings (SSSR count). The molecule has 5 fully saturated rings. The molecule has 5 saturated carbocycles. The highest BCUT2D eigenvalue weighted by Gasteiger charge is 2.47. The van der Waals surface area contributed by atoms with Crippen LogP contribution in [0.2, 0.25) is 0 Å². The highest BCUT2D eigenvalue weighted by atomic mass is 14.9. The average Bonchev–Trinajstić information content (AvgIpc) is 0.965. The molecular formula is C76H84N3+3. The molecule has 0 saturated heterocycles. The van der Waals surface area contributed by atoms with E-state index < -0.39 is 37.3 Å². The van der Waals surface area contributed by atoms with E-state index in [1.807, 2.05) is 61.1 Å². The van der Waals surface area contributed by atoms with Gasteiger partial charge in [0, 0.05) is 66.7 Å². The van der Waals surface area contributed by atoms with Crippen molar-refractivity contribution in [3.05, 3.63) is 234 Å².